The number of benzene rings is 1. The lowest BCUT2D eigenvalue weighted by Gasteiger charge is -2.07. The maximum atomic E-state index is 11.0. The van der Waals surface area contributed by atoms with E-state index in [2.05, 4.69) is 0 Å². The first-order valence-electron chi connectivity index (χ1n) is 3.71. The van der Waals surface area contributed by atoms with Crippen LogP contribution in [0.4, 0.5) is 5.69 Å². The van der Waals surface area contributed by atoms with Gasteiger partial charge < -0.3 is 5.73 Å². The summed E-state index contributed by atoms with van der Waals surface area (Å²) in [6.07, 6.45) is 0. The maximum absolute atomic E-state index is 11.0. The Hall–Kier alpha value is -0.730. The van der Waals surface area contributed by atoms with E-state index in [1.165, 1.54) is 6.92 Å². The Balaban J connectivity index is 3.07. The van der Waals surface area contributed by atoms with Crippen LogP contribution >= 0.6 is 23.2 Å². The average molecular weight is 218 g/mol. The summed E-state index contributed by atoms with van der Waals surface area (Å²) in [5, 5.41) is -0.178. The standard InChI is InChI=1S/C9H9Cl2NO/c1-5(13)9(11)6-2-7(10)4-8(12)3-6/h2-4,9H,12H2,1H3. The molecule has 0 aliphatic heterocycles. The van der Waals surface area contributed by atoms with Gasteiger partial charge in [0.2, 0.25) is 0 Å². The number of carbonyl (C=O) groups excluding carboxylic acids is 1. The van der Waals surface area contributed by atoms with Crippen molar-refractivity contribution < 1.29 is 4.79 Å². The van der Waals surface area contributed by atoms with Crippen molar-refractivity contribution >= 4 is 34.7 Å². The first kappa shape index (κ1) is 10.4. The van der Waals surface area contributed by atoms with Crippen LogP contribution in [0.25, 0.3) is 0 Å². The van der Waals surface area contributed by atoms with Gasteiger partial charge in [0, 0.05) is 10.7 Å². The molecule has 1 rings (SSSR count). The third-order valence-electron chi connectivity index (χ3n) is 1.59. The Labute approximate surface area is 86.6 Å². The Morgan fingerprint density at radius 3 is 2.54 bits per heavy atom. The van der Waals surface area contributed by atoms with Crippen LogP contribution in [0.15, 0.2) is 18.2 Å². The van der Waals surface area contributed by atoms with Gasteiger partial charge in [-0.2, -0.15) is 0 Å². The summed E-state index contributed by atoms with van der Waals surface area (Å²) in [7, 11) is 0. The third-order valence-corrected chi connectivity index (χ3v) is 2.37. The molecule has 4 heteroatoms. The van der Waals surface area contributed by atoms with Gasteiger partial charge in [-0.15, -0.1) is 11.6 Å². The first-order valence-corrected chi connectivity index (χ1v) is 4.52. The van der Waals surface area contributed by atoms with E-state index in [1.807, 2.05) is 0 Å². The highest BCUT2D eigenvalue weighted by Crippen LogP contribution is 2.26. The van der Waals surface area contributed by atoms with E-state index in [0.29, 0.717) is 16.3 Å². The van der Waals surface area contributed by atoms with E-state index in [0.717, 1.165) is 0 Å². The number of nitrogens with two attached hydrogens (primary N) is 1. The Morgan fingerprint density at radius 2 is 2.08 bits per heavy atom. The fourth-order valence-corrected chi connectivity index (χ4v) is 1.39. The molecule has 0 spiro atoms. The summed E-state index contributed by atoms with van der Waals surface area (Å²) in [4.78, 5) is 11.0. The number of halogens is 2. The largest absolute Gasteiger partial charge is 0.399 e. The molecule has 0 bridgehead atoms. The third kappa shape index (κ3) is 2.61. The predicted molar refractivity (Wildman–Crippen MR) is 55.1 cm³/mol. The molecule has 70 valence electrons. The number of anilines is 1. The van der Waals surface area contributed by atoms with Crippen LogP contribution in [-0.2, 0) is 4.79 Å². The van der Waals surface area contributed by atoms with Crippen LogP contribution in [0.3, 0.4) is 0 Å². The molecule has 0 fully saturated rings. The van der Waals surface area contributed by atoms with Gasteiger partial charge in [-0.3, -0.25) is 4.79 Å². The van der Waals surface area contributed by atoms with Gasteiger partial charge in [-0.1, -0.05) is 11.6 Å². The molecule has 0 amide bonds. The molecule has 0 radical (unpaired) electrons. The van der Waals surface area contributed by atoms with Crippen molar-refractivity contribution in [2.75, 3.05) is 5.73 Å². The number of carbonyl (C=O) groups is 1. The number of hydrogen-bond acceptors (Lipinski definition) is 2. The number of alkyl halides is 1. The molecule has 2 nitrogen and oxygen atoms in total. The van der Waals surface area contributed by atoms with Crippen molar-refractivity contribution in [2.45, 2.75) is 12.3 Å². The van der Waals surface area contributed by atoms with Gasteiger partial charge in [0.25, 0.3) is 0 Å². The predicted octanol–water partition coefficient (Wildman–Crippen LogP) is 2.79. The number of rotatable bonds is 2. The van der Waals surface area contributed by atoms with E-state index >= 15 is 0 Å². The van der Waals surface area contributed by atoms with E-state index in [4.69, 9.17) is 28.9 Å². The van der Waals surface area contributed by atoms with Crippen molar-refractivity contribution in [3.05, 3.63) is 28.8 Å². The van der Waals surface area contributed by atoms with E-state index in [9.17, 15) is 4.79 Å². The molecule has 1 unspecified atom stereocenters. The Kier molecular flexibility index (Phi) is 3.17. The van der Waals surface area contributed by atoms with Crippen LogP contribution in [0, 0.1) is 0 Å². The van der Waals surface area contributed by atoms with Crippen molar-refractivity contribution in [2.24, 2.45) is 0 Å². The lowest BCUT2D eigenvalue weighted by Crippen LogP contribution is -2.02. The van der Waals surface area contributed by atoms with E-state index < -0.39 is 5.38 Å². The lowest BCUT2D eigenvalue weighted by molar-refractivity contribution is -0.116. The molecule has 2 N–H and O–H groups in total. The fourth-order valence-electron chi connectivity index (χ4n) is 1.02. The van der Waals surface area contributed by atoms with Crippen molar-refractivity contribution in [3.63, 3.8) is 0 Å². The quantitative estimate of drug-likeness (QED) is 0.612. The Morgan fingerprint density at radius 1 is 1.46 bits per heavy atom. The molecule has 0 heterocycles. The van der Waals surface area contributed by atoms with Gasteiger partial charge in [0.05, 0.1) is 0 Å². The zero-order valence-corrected chi connectivity index (χ0v) is 8.56. The monoisotopic (exact) mass is 217 g/mol. The topological polar surface area (TPSA) is 43.1 Å². The number of ketones is 1. The summed E-state index contributed by atoms with van der Waals surface area (Å²) in [6.45, 7) is 1.43. The zero-order valence-electron chi connectivity index (χ0n) is 7.05. The molecule has 0 saturated carbocycles. The summed E-state index contributed by atoms with van der Waals surface area (Å²) in [5.41, 5.74) is 6.69. The Bertz CT molecular complexity index is 318. The molecular weight excluding hydrogens is 209 g/mol. The second kappa shape index (κ2) is 3.99. The van der Waals surface area contributed by atoms with Crippen LogP contribution in [0.2, 0.25) is 5.02 Å². The molecule has 1 atom stereocenters. The second-order valence-corrected chi connectivity index (χ2v) is 3.66. The molecule has 1 aromatic carbocycles. The lowest BCUT2D eigenvalue weighted by atomic mass is 10.1. The smallest absolute Gasteiger partial charge is 0.152 e. The minimum absolute atomic E-state index is 0.122. The highest BCUT2D eigenvalue weighted by molar-refractivity contribution is 6.32. The van der Waals surface area contributed by atoms with Gasteiger partial charge in [-0.05, 0) is 30.7 Å². The summed E-state index contributed by atoms with van der Waals surface area (Å²) < 4.78 is 0. The molecular formula is C9H9Cl2NO. The van der Waals surface area contributed by atoms with E-state index in [1.54, 1.807) is 18.2 Å². The normalized spacial score (nSPS) is 12.5. The summed E-state index contributed by atoms with van der Waals surface area (Å²) in [5.74, 6) is -0.122. The molecule has 1 aromatic rings. The molecule has 0 aliphatic rings. The zero-order chi connectivity index (χ0) is 10.0. The first-order chi connectivity index (χ1) is 6.00. The second-order valence-electron chi connectivity index (χ2n) is 2.79. The van der Waals surface area contributed by atoms with Crippen molar-refractivity contribution in [1.82, 2.24) is 0 Å². The van der Waals surface area contributed by atoms with Gasteiger partial charge in [0.15, 0.2) is 5.78 Å². The van der Waals surface area contributed by atoms with Crippen LogP contribution in [0.1, 0.15) is 17.9 Å². The minimum atomic E-state index is -0.666. The van der Waals surface area contributed by atoms with Gasteiger partial charge in [0.1, 0.15) is 5.38 Å². The fraction of sp³-hybridized carbons (Fsp3) is 0.222. The molecule has 0 saturated heterocycles. The van der Waals surface area contributed by atoms with Crippen LogP contribution in [-0.4, -0.2) is 5.78 Å². The highest BCUT2D eigenvalue weighted by Gasteiger charge is 2.13. The number of nitrogen functional groups attached to an aromatic ring is 1. The molecule has 0 aromatic heterocycles. The minimum Gasteiger partial charge on any atom is -0.399 e. The SMILES string of the molecule is CC(=O)C(Cl)c1cc(N)cc(Cl)c1. The summed E-state index contributed by atoms with van der Waals surface area (Å²) >= 11 is 11.6. The number of hydrogen-bond donors (Lipinski definition) is 1. The van der Waals surface area contributed by atoms with E-state index in [-0.39, 0.29) is 5.78 Å². The maximum Gasteiger partial charge on any atom is 0.152 e. The van der Waals surface area contributed by atoms with Crippen LogP contribution < -0.4 is 5.73 Å². The highest BCUT2D eigenvalue weighted by atomic mass is 35.5. The van der Waals surface area contributed by atoms with Gasteiger partial charge in [-0.25, -0.2) is 0 Å². The van der Waals surface area contributed by atoms with Gasteiger partial charge >= 0.3 is 0 Å². The molecule has 0 aliphatic carbocycles. The molecule has 13 heavy (non-hydrogen) atoms. The number of Topliss-reactive ketones (excluding diaryl/α,β-unsaturated/α-hetero) is 1. The van der Waals surface area contributed by atoms with Crippen molar-refractivity contribution in [3.8, 4) is 0 Å². The van der Waals surface area contributed by atoms with Crippen LogP contribution in [0.5, 0.6) is 0 Å². The van der Waals surface area contributed by atoms with Crippen molar-refractivity contribution in [1.29, 1.82) is 0 Å². The summed E-state index contributed by atoms with van der Waals surface area (Å²) in [6, 6.07) is 4.89. The average Bonchev–Trinajstić information content (AvgIpc) is 2.01.